The van der Waals surface area contributed by atoms with Crippen molar-refractivity contribution in [3.05, 3.63) is 65.9 Å². The van der Waals surface area contributed by atoms with E-state index in [1.807, 2.05) is 54.6 Å². The molecule has 120 valence electrons. The first-order chi connectivity index (χ1) is 11.3. The Kier molecular flexibility index (Phi) is 5.29. The molecule has 0 bridgehead atoms. The number of ether oxygens (including phenoxy) is 1. The average Bonchev–Trinajstić information content (AvgIpc) is 3.00. The first-order valence-corrected chi connectivity index (χ1v) is 7.86. The summed E-state index contributed by atoms with van der Waals surface area (Å²) >= 11 is 0. The van der Waals surface area contributed by atoms with Crippen LogP contribution >= 0.6 is 0 Å². The van der Waals surface area contributed by atoms with E-state index >= 15 is 0 Å². The molecule has 0 unspecified atom stereocenters. The van der Waals surface area contributed by atoms with Crippen molar-refractivity contribution in [2.24, 2.45) is 0 Å². The Bertz CT molecular complexity index is 737. The third-order valence-corrected chi connectivity index (χ3v) is 3.60. The van der Waals surface area contributed by atoms with Crippen molar-refractivity contribution < 1.29 is 14.3 Å². The molecule has 0 amide bonds. The van der Waals surface area contributed by atoms with E-state index in [0.717, 1.165) is 41.0 Å². The Morgan fingerprint density at radius 2 is 1.91 bits per heavy atom. The van der Waals surface area contributed by atoms with Crippen LogP contribution in [-0.2, 0) is 13.2 Å². The molecule has 0 aliphatic rings. The molecule has 0 radical (unpaired) electrons. The number of benzene rings is 2. The van der Waals surface area contributed by atoms with Gasteiger partial charge in [0.25, 0.3) is 0 Å². The molecule has 23 heavy (non-hydrogen) atoms. The van der Waals surface area contributed by atoms with Crippen molar-refractivity contribution in [3.8, 4) is 5.75 Å². The molecule has 1 heterocycles. The molecule has 4 heteroatoms. The van der Waals surface area contributed by atoms with Gasteiger partial charge >= 0.3 is 0 Å². The van der Waals surface area contributed by atoms with E-state index in [0.29, 0.717) is 13.2 Å². The number of rotatable bonds is 8. The fourth-order valence-electron chi connectivity index (χ4n) is 2.40. The largest absolute Gasteiger partial charge is 0.489 e. The summed E-state index contributed by atoms with van der Waals surface area (Å²) in [6.45, 7) is 2.19. The molecule has 3 aromatic rings. The van der Waals surface area contributed by atoms with Crippen molar-refractivity contribution in [2.75, 3.05) is 13.2 Å². The second-order valence-electron chi connectivity index (χ2n) is 5.44. The lowest BCUT2D eigenvalue weighted by Crippen LogP contribution is -2.15. The molecule has 0 aliphatic carbocycles. The van der Waals surface area contributed by atoms with Crippen LogP contribution in [0.15, 0.2) is 59.0 Å². The molecule has 1 aromatic heterocycles. The Morgan fingerprint density at radius 1 is 1.04 bits per heavy atom. The third kappa shape index (κ3) is 4.34. The van der Waals surface area contributed by atoms with Gasteiger partial charge in [0.15, 0.2) is 0 Å². The summed E-state index contributed by atoms with van der Waals surface area (Å²) in [5.74, 6) is 1.69. The second-order valence-corrected chi connectivity index (χ2v) is 5.44. The fraction of sp³-hybridized carbons (Fsp3) is 0.263. The number of nitrogens with one attached hydrogen (secondary N) is 1. The van der Waals surface area contributed by atoms with Gasteiger partial charge in [0, 0.05) is 18.1 Å². The minimum atomic E-state index is 0.204. The van der Waals surface area contributed by atoms with Crippen molar-refractivity contribution in [3.63, 3.8) is 0 Å². The minimum Gasteiger partial charge on any atom is -0.489 e. The Labute approximate surface area is 135 Å². The smallest absolute Gasteiger partial charge is 0.138 e. The summed E-state index contributed by atoms with van der Waals surface area (Å²) in [5, 5.41) is 13.1. The van der Waals surface area contributed by atoms with Crippen LogP contribution in [0.5, 0.6) is 5.75 Å². The number of furan rings is 1. The SMILES string of the molecule is OCCCNCc1cc2ccc(OCc3ccccc3)cc2o1. The minimum absolute atomic E-state index is 0.204. The van der Waals surface area contributed by atoms with E-state index in [1.54, 1.807) is 0 Å². The lowest BCUT2D eigenvalue weighted by atomic mass is 10.2. The average molecular weight is 311 g/mol. The molecule has 0 spiro atoms. The van der Waals surface area contributed by atoms with Gasteiger partial charge in [-0.15, -0.1) is 0 Å². The van der Waals surface area contributed by atoms with Crippen LogP contribution in [0.1, 0.15) is 17.7 Å². The Balaban J connectivity index is 1.62. The topological polar surface area (TPSA) is 54.6 Å². The highest BCUT2D eigenvalue weighted by Crippen LogP contribution is 2.25. The standard InChI is InChI=1S/C19H21NO3/c21-10-4-9-20-13-18-11-16-7-8-17(12-19(16)23-18)22-14-15-5-2-1-3-6-15/h1-3,5-8,11-12,20-21H,4,9-10,13-14H2. The van der Waals surface area contributed by atoms with Gasteiger partial charge in [-0.05, 0) is 36.7 Å². The van der Waals surface area contributed by atoms with Gasteiger partial charge < -0.3 is 19.6 Å². The number of aliphatic hydroxyl groups is 1. The molecular formula is C19H21NO3. The van der Waals surface area contributed by atoms with E-state index in [2.05, 4.69) is 5.32 Å². The lowest BCUT2D eigenvalue weighted by Gasteiger charge is -2.05. The highest BCUT2D eigenvalue weighted by atomic mass is 16.5. The molecular weight excluding hydrogens is 290 g/mol. The van der Waals surface area contributed by atoms with Gasteiger partial charge in [0.2, 0.25) is 0 Å². The van der Waals surface area contributed by atoms with Crippen LogP contribution in [0.25, 0.3) is 11.0 Å². The van der Waals surface area contributed by atoms with Crippen LogP contribution < -0.4 is 10.1 Å². The molecule has 4 nitrogen and oxygen atoms in total. The summed E-state index contributed by atoms with van der Waals surface area (Å²) in [6.07, 6.45) is 0.748. The zero-order valence-electron chi connectivity index (χ0n) is 13.0. The summed E-state index contributed by atoms with van der Waals surface area (Å²) in [4.78, 5) is 0. The van der Waals surface area contributed by atoms with Gasteiger partial charge in [0.05, 0.1) is 6.54 Å². The Hall–Kier alpha value is -2.30. The molecule has 2 N–H and O–H groups in total. The van der Waals surface area contributed by atoms with Crippen LogP contribution in [-0.4, -0.2) is 18.3 Å². The first-order valence-electron chi connectivity index (χ1n) is 7.86. The van der Waals surface area contributed by atoms with Gasteiger partial charge in [-0.2, -0.15) is 0 Å². The van der Waals surface area contributed by atoms with Crippen LogP contribution in [0.2, 0.25) is 0 Å². The summed E-state index contributed by atoms with van der Waals surface area (Å²) < 4.78 is 11.7. The zero-order chi connectivity index (χ0) is 15.9. The quantitative estimate of drug-likeness (QED) is 0.625. The highest BCUT2D eigenvalue weighted by Gasteiger charge is 2.05. The van der Waals surface area contributed by atoms with E-state index in [9.17, 15) is 0 Å². The van der Waals surface area contributed by atoms with E-state index in [1.165, 1.54) is 0 Å². The molecule has 0 saturated heterocycles. The molecule has 0 fully saturated rings. The normalized spacial score (nSPS) is 11.0. The monoisotopic (exact) mass is 311 g/mol. The maximum atomic E-state index is 8.76. The van der Waals surface area contributed by atoms with E-state index < -0.39 is 0 Å². The second kappa shape index (κ2) is 7.81. The number of aliphatic hydroxyl groups excluding tert-OH is 1. The molecule has 0 aliphatic heterocycles. The maximum absolute atomic E-state index is 8.76. The van der Waals surface area contributed by atoms with Crippen molar-refractivity contribution >= 4 is 11.0 Å². The number of hydrogen-bond acceptors (Lipinski definition) is 4. The number of fused-ring (bicyclic) bond motifs is 1. The van der Waals surface area contributed by atoms with Gasteiger partial charge in [0.1, 0.15) is 23.7 Å². The Morgan fingerprint density at radius 3 is 2.74 bits per heavy atom. The van der Waals surface area contributed by atoms with E-state index in [-0.39, 0.29) is 6.61 Å². The van der Waals surface area contributed by atoms with Crippen LogP contribution in [0, 0.1) is 0 Å². The predicted molar refractivity (Wildman–Crippen MR) is 90.4 cm³/mol. The van der Waals surface area contributed by atoms with Gasteiger partial charge in [-0.25, -0.2) is 0 Å². The van der Waals surface area contributed by atoms with Crippen molar-refractivity contribution in [1.82, 2.24) is 5.32 Å². The zero-order valence-corrected chi connectivity index (χ0v) is 13.0. The summed E-state index contributed by atoms with van der Waals surface area (Å²) in [6, 6.07) is 18.0. The third-order valence-electron chi connectivity index (χ3n) is 3.60. The van der Waals surface area contributed by atoms with Crippen LogP contribution in [0.3, 0.4) is 0 Å². The molecule has 3 rings (SSSR count). The van der Waals surface area contributed by atoms with E-state index in [4.69, 9.17) is 14.3 Å². The molecule has 2 aromatic carbocycles. The van der Waals surface area contributed by atoms with Crippen molar-refractivity contribution in [2.45, 2.75) is 19.6 Å². The highest BCUT2D eigenvalue weighted by molar-refractivity contribution is 5.79. The fourth-order valence-corrected chi connectivity index (χ4v) is 2.40. The summed E-state index contributed by atoms with van der Waals surface area (Å²) in [7, 11) is 0. The van der Waals surface area contributed by atoms with Crippen LogP contribution in [0.4, 0.5) is 0 Å². The first kappa shape index (κ1) is 15.6. The van der Waals surface area contributed by atoms with Crippen molar-refractivity contribution in [1.29, 1.82) is 0 Å². The number of hydrogen-bond donors (Lipinski definition) is 2. The van der Waals surface area contributed by atoms with Gasteiger partial charge in [-0.1, -0.05) is 30.3 Å². The lowest BCUT2D eigenvalue weighted by molar-refractivity contribution is 0.285. The molecule has 0 atom stereocenters. The van der Waals surface area contributed by atoms with Gasteiger partial charge in [-0.3, -0.25) is 0 Å². The summed E-state index contributed by atoms with van der Waals surface area (Å²) in [5.41, 5.74) is 1.97. The maximum Gasteiger partial charge on any atom is 0.138 e. The predicted octanol–water partition coefficient (Wildman–Crippen LogP) is 3.48. The molecule has 0 saturated carbocycles.